The predicted octanol–water partition coefficient (Wildman–Crippen LogP) is -0.451. The van der Waals surface area contributed by atoms with Crippen molar-refractivity contribution in [2.45, 2.75) is 6.92 Å². The van der Waals surface area contributed by atoms with Crippen LogP contribution in [0, 0.1) is 23.7 Å². The maximum atomic E-state index is 10.2. The summed E-state index contributed by atoms with van der Waals surface area (Å²) in [6.45, 7) is 1.15. The van der Waals surface area contributed by atoms with E-state index >= 15 is 0 Å². The van der Waals surface area contributed by atoms with Crippen molar-refractivity contribution in [3.63, 3.8) is 0 Å². The molecule has 0 spiro atoms. The first kappa shape index (κ1) is 9.55. The highest BCUT2D eigenvalue weighted by atomic mass is 16.5. The molecule has 0 saturated carbocycles. The molecule has 0 aromatic rings. The smallest absolute Gasteiger partial charge is 0.303 e. The van der Waals surface area contributed by atoms with E-state index in [1.807, 2.05) is 0 Å². The van der Waals surface area contributed by atoms with E-state index in [1.165, 1.54) is 6.92 Å². The average Bonchev–Trinajstić information content (AvgIpc) is 1.96. The van der Waals surface area contributed by atoms with Crippen LogP contribution < -0.4 is 0 Å². The van der Waals surface area contributed by atoms with Gasteiger partial charge in [0, 0.05) is 6.92 Å². The molecule has 0 heterocycles. The maximum Gasteiger partial charge on any atom is 0.303 e. The monoisotopic (exact) mass is 152 g/mol. The standard InChI is InChI=1S/C8H8O3/c1-8(10)11-7-5-3-2-4-6-9/h9H,6-7H2,1H3. The van der Waals surface area contributed by atoms with Gasteiger partial charge in [-0.3, -0.25) is 4.79 Å². The van der Waals surface area contributed by atoms with Crippen LogP contribution in [0.25, 0.3) is 0 Å². The van der Waals surface area contributed by atoms with E-state index in [0.29, 0.717) is 0 Å². The van der Waals surface area contributed by atoms with Gasteiger partial charge in [-0.2, -0.15) is 0 Å². The summed E-state index contributed by atoms with van der Waals surface area (Å²) in [5, 5.41) is 8.18. The van der Waals surface area contributed by atoms with Crippen LogP contribution in [0.1, 0.15) is 6.92 Å². The van der Waals surface area contributed by atoms with Gasteiger partial charge in [0.1, 0.15) is 6.61 Å². The molecular weight excluding hydrogens is 144 g/mol. The fourth-order valence-corrected chi connectivity index (χ4v) is 0.302. The highest BCUT2D eigenvalue weighted by Gasteiger charge is 1.84. The minimum Gasteiger partial charge on any atom is -0.453 e. The van der Waals surface area contributed by atoms with Gasteiger partial charge in [-0.15, -0.1) is 0 Å². The fourth-order valence-electron chi connectivity index (χ4n) is 0.302. The molecule has 0 atom stereocenters. The van der Waals surface area contributed by atoms with Gasteiger partial charge in [-0.25, -0.2) is 0 Å². The fraction of sp³-hybridized carbons (Fsp3) is 0.375. The third kappa shape index (κ3) is 8.55. The van der Waals surface area contributed by atoms with Gasteiger partial charge < -0.3 is 9.84 Å². The van der Waals surface area contributed by atoms with Gasteiger partial charge in [0.05, 0.1) is 0 Å². The van der Waals surface area contributed by atoms with E-state index in [4.69, 9.17) is 5.11 Å². The number of carbonyl (C=O) groups is 1. The zero-order valence-electron chi connectivity index (χ0n) is 6.18. The Hall–Kier alpha value is -1.45. The Labute approximate surface area is 65.4 Å². The Balaban J connectivity index is 3.48. The lowest BCUT2D eigenvalue weighted by atomic mass is 10.5. The molecule has 0 bridgehead atoms. The topological polar surface area (TPSA) is 46.5 Å². The molecule has 0 aliphatic carbocycles. The average molecular weight is 152 g/mol. The summed E-state index contributed by atoms with van der Waals surface area (Å²) in [5.41, 5.74) is 0. The molecule has 0 unspecified atom stereocenters. The van der Waals surface area contributed by atoms with Crippen molar-refractivity contribution < 1.29 is 14.6 Å². The molecule has 0 saturated heterocycles. The van der Waals surface area contributed by atoms with Gasteiger partial charge in [0.2, 0.25) is 0 Å². The quantitative estimate of drug-likeness (QED) is 0.409. The third-order valence-corrected chi connectivity index (χ3v) is 0.666. The molecule has 58 valence electrons. The largest absolute Gasteiger partial charge is 0.453 e. The molecule has 0 rings (SSSR count). The molecule has 0 amide bonds. The summed E-state index contributed by atoms with van der Waals surface area (Å²) >= 11 is 0. The summed E-state index contributed by atoms with van der Waals surface area (Å²) in [6.07, 6.45) is 0. The zero-order chi connectivity index (χ0) is 8.53. The van der Waals surface area contributed by atoms with Crippen molar-refractivity contribution in [2.24, 2.45) is 0 Å². The number of hydrogen-bond donors (Lipinski definition) is 1. The summed E-state index contributed by atoms with van der Waals surface area (Å²) in [6, 6.07) is 0. The zero-order valence-corrected chi connectivity index (χ0v) is 6.18. The molecule has 1 N–H and O–H groups in total. The SMILES string of the molecule is CC(=O)OCC#CC#CCO. The molecule has 0 aliphatic rings. The summed E-state index contributed by atoms with van der Waals surface area (Å²) in [4.78, 5) is 10.2. The maximum absolute atomic E-state index is 10.2. The first-order chi connectivity index (χ1) is 5.27. The molecular formula is C8H8O3. The van der Waals surface area contributed by atoms with Crippen LogP contribution in [0.5, 0.6) is 0 Å². The van der Waals surface area contributed by atoms with Crippen LogP contribution in [0.15, 0.2) is 0 Å². The van der Waals surface area contributed by atoms with Crippen molar-refractivity contribution in [3.05, 3.63) is 0 Å². The van der Waals surface area contributed by atoms with Crippen molar-refractivity contribution in [1.29, 1.82) is 0 Å². The second-order valence-electron chi connectivity index (χ2n) is 1.54. The second-order valence-corrected chi connectivity index (χ2v) is 1.54. The van der Waals surface area contributed by atoms with Crippen molar-refractivity contribution >= 4 is 5.97 Å². The second kappa shape index (κ2) is 6.67. The molecule has 11 heavy (non-hydrogen) atoms. The number of ether oxygens (including phenoxy) is 1. The van der Waals surface area contributed by atoms with Crippen molar-refractivity contribution in [2.75, 3.05) is 13.2 Å². The van der Waals surface area contributed by atoms with E-state index in [0.717, 1.165) is 0 Å². The normalized spacial score (nSPS) is 6.73. The van der Waals surface area contributed by atoms with Crippen LogP contribution in [0.4, 0.5) is 0 Å². The lowest BCUT2D eigenvalue weighted by molar-refractivity contribution is -0.139. The minimum atomic E-state index is -0.366. The van der Waals surface area contributed by atoms with Crippen LogP contribution in [-0.2, 0) is 9.53 Å². The number of rotatable bonds is 1. The molecule has 0 aromatic carbocycles. The molecule has 0 aliphatic heterocycles. The Morgan fingerprint density at radius 2 is 2.09 bits per heavy atom. The Morgan fingerprint density at radius 1 is 1.45 bits per heavy atom. The molecule has 3 heteroatoms. The van der Waals surface area contributed by atoms with E-state index in [9.17, 15) is 4.79 Å². The third-order valence-electron chi connectivity index (χ3n) is 0.666. The molecule has 3 nitrogen and oxygen atoms in total. The van der Waals surface area contributed by atoms with Crippen LogP contribution in [-0.4, -0.2) is 24.3 Å². The van der Waals surface area contributed by atoms with Crippen LogP contribution in [0.2, 0.25) is 0 Å². The first-order valence-electron chi connectivity index (χ1n) is 2.97. The molecule has 0 radical (unpaired) electrons. The van der Waals surface area contributed by atoms with Crippen molar-refractivity contribution in [3.8, 4) is 23.7 Å². The van der Waals surface area contributed by atoms with Crippen molar-refractivity contribution in [1.82, 2.24) is 0 Å². The van der Waals surface area contributed by atoms with Gasteiger partial charge in [0.25, 0.3) is 0 Å². The van der Waals surface area contributed by atoms with Gasteiger partial charge in [0.15, 0.2) is 6.61 Å². The number of esters is 1. The molecule has 0 aromatic heterocycles. The first-order valence-corrected chi connectivity index (χ1v) is 2.97. The van der Waals surface area contributed by atoms with E-state index in [1.54, 1.807) is 0 Å². The van der Waals surface area contributed by atoms with Gasteiger partial charge >= 0.3 is 5.97 Å². The predicted molar refractivity (Wildman–Crippen MR) is 39.3 cm³/mol. The summed E-state index contributed by atoms with van der Waals surface area (Å²) < 4.78 is 4.48. The number of aliphatic hydroxyl groups excluding tert-OH is 1. The van der Waals surface area contributed by atoms with Crippen LogP contribution >= 0.6 is 0 Å². The lowest BCUT2D eigenvalue weighted by Gasteiger charge is -1.89. The number of hydrogen-bond acceptors (Lipinski definition) is 3. The van der Waals surface area contributed by atoms with E-state index in [-0.39, 0.29) is 19.2 Å². The van der Waals surface area contributed by atoms with Gasteiger partial charge in [-0.05, 0) is 17.8 Å². The Morgan fingerprint density at radius 3 is 2.64 bits per heavy atom. The summed E-state index contributed by atoms with van der Waals surface area (Å²) in [5.74, 6) is 9.19. The number of aliphatic hydroxyl groups is 1. The Kier molecular flexibility index (Phi) is 5.79. The van der Waals surface area contributed by atoms with Crippen LogP contribution in [0.3, 0.4) is 0 Å². The highest BCUT2D eigenvalue weighted by molar-refractivity contribution is 5.66. The highest BCUT2D eigenvalue weighted by Crippen LogP contribution is 1.71. The Bertz CT molecular complexity index is 234. The van der Waals surface area contributed by atoms with E-state index in [2.05, 4.69) is 28.4 Å². The molecule has 0 fully saturated rings. The van der Waals surface area contributed by atoms with E-state index < -0.39 is 0 Å². The lowest BCUT2D eigenvalue weighted by Crippen LogP contribution is -1.97. The summed E-state index contributed by atoms with van der Waals surface area (Å²) in [7, 11) is 0. The minimum absolute atomic E-state index is 0.0510. The van der Waals surface area contributed by atoms with Gasteiger partial charge in [-0.1, -0.05) is 5.92 Å². The number of carbonyl (C=O) groups excluding carboxylic acids is 1.